The molecule has 3 nitrogen and oxygen atoms in total. The number of hydrogen-bond acceptors (Lipinski definition) is 3. The Morgan fingerprint density at radius 2 is 1.71 bits per heavy atom. The van der Waals surface area contributed by atoms with E-state index in [1.807, 2.05) is 0 Å². The standard InChI is InChI=1S/C18H25F3N2O/c1-13(23-8-10-24-11-9-23)14-4-6-22(7-5-14)12-15-2-3-16(19)18(21)17(15)20/h2-3,13-14H,4-12H2,1H3/t13-/m1/s1. The molecule has 2 fully saturated rings. The van der Waals surface area contributed by atoms with Crippen LogP contribution in [0.25, 0.3) is 0 Å². The number of benzene rings is 1. The summed E-state index contributed by atoms with van der Waals surface area (Å²) in [6, 6.07) is 2.87. The van der Waals surface area contributed by atoms with Gasteiger partial charge in [0.2, 0.25) is 0 Å². The predicted octanol–water partition coefficient (Wildman–Crippen LogP) is 3.04. The molecule has 0 radical (unpaired) electrons. The van der Waals surface area contributed by atoms with Crippen molar-refractivity contribution in [2.24, 2.45) is 5.92 Å². The molecule has 0 amide bonds. The van der Waals surface area contributed by atoms with E-state index in [2.05, 4.69) is 16.7 Å². The lowest BCUT2D eigenvalue weighted by Gasteiger charge is -2.41. The van der Waals surface area contributed by atoms with Crippen molar-refractivity contribution in [1.29, 1.82) is 0 Å². The predicted molar refractivity (Wildman–Crippen MR) is 86.2 cm³/mol. The normalized spacial score (nSPS) is 22.7. The topological polar surface area (TPSA) is 15.7 Å². The molecular formula is C18H25F3N2O. The number of piperidine rings is 1. The molecule has 0 N–H and O–H groups in total. The van der Waals surface area contributed by atoms with Gasteiger partial charge in [-0.25, -0.2) is 13.2 Å². The minimum Gasteiger partial charge on any atom is -0.379 e. The fourth-order valence-corrected chi connectivity index (χ4v) is 3.81. The first-order valence-corrected chi connectivity index (χ1v) is 8.73. The lowest BCUT2D eigenvalue weighted by atomic mass is 9.89. The van der Waals surface area contributed by atoms with Gasteiger partial charge in [0, 0.05) is 31.2 Å². The SMILES string of the molecule is C[C@H](C1CCN(Cc2ccc(F)c(F)c2F)CC1)N1CCOCC1. The van der Waals surface area contributed by atoms with Crippen molar-refractivity contribution < 1.29 is 17.9 Å². The minimum absolute atomic E-state index is 0.230. The van der Waals surface area contributed by atoms with Crippen molar-refractivity contribution in [3.8, 4) is 0 Å². The smallest absolute Gasteiger partial charge is 0.194 e. The Morgan fingerprint density at radius 3 is 2.38 bits per heavy atom. The largest absolute Gasteiger partial charge is 0.379 e. The summed E-state index contributed by atoms with van der Waals surface area (Å²) in [7, 11) is 0. The lowest BCUT2D eigenvalue weighted by Crippen LogP contribution is -2.48. The van der Waals surface area contributed by atoms with Gasteiger partial charge in [-0.05, 0) is 44.8 Å². The highest BCUT2D eigenvalue weighted by molar-refractivity contribution is 5.20. The second-order valence-corrected chi connectivity index (χ2v) is 6.84. The van der Waals surface area contributed by atoms with Crippen LogP contribution in [0.1, 0.15) is 25.3 Å². The molecule has 1 atom stereocenters. The van der Waals surface area contributed by atoms with Crippen LogP contribution < -0.4 is 0 Å². The average molecular weight is 342 g/mol. The molecule has 134 valence electrons. The first-order valence-electron chi connectivity index (χ1n) is 8.73. The molecule has 6 heteroatoms. The summed E-state index contributed by atoms with van der Waals surface area (Å²) in [5, 5.41) is 0. The monoisotopic (exact) mass is 342 g/mol. The van der Waals surface area contributed by atoms with Crippen molar-refractivity contribution >= 4 is 0 Å². The Hall–Kier alpha value is -1.11. The zero-order valence-corrected chi connectivity index (χ0v) is 14.1. The van der Waals surface area contributed by atoms with Crippen LogP contribution in [0.2, 0.25) is 0 Å². The van der Waals surface area contributed by atoms with E-state index in [-0.39, 0.29) is 5.56 Å². The Balaban J connectivity index is 1.53. The summed E-state index contributed by atoms with van der Waals surface area (Å²) in [5.41, 5.74) is 0.230. The van der Waals surface area contributed by atoms with Crippen LogP contribution in [0, 0.1) is 23.4 Å². The Morgan fingerprint density at radius 1 is 1.04 bits per heavy atom. The summed E-state index contributed by atoms with van der Waals surface area (Å²) in [4.78, 5) is 4.61. The van der Waals surface area contributed by atoms with Crippen LogP contribution in [0.5, 0.6) is 0 Å². The quantitative estimate of drug-likeness (QED) is 0.783. The number of rotatable bonds is 4. The fourth-order valence-electron chi connectivity index (χ4n) is 3.81. The minimum atomic E-state index is -1.37. The summed E-state index contributed by atoms with van der Waals surface area (Å²) in [5.74, 6) is -2.94. The van der Waals surface area contributed by atoms with E-state index < -0.39 is 17.5 Å². The van der Waals surface area contributed by atoms with Gasteiger partial charge < -0.3 is 4.74 Å². The van der Waals surface area contributed by atoms with E-state index >= 15 is 0 Å². The van der Waals surface area contributed by atoms with E-state index in [1.54, 1.807) is 0 Å². The van der Waals surface area contributed by atoms with Crippen molar-refractivity contribution in [3.05, 3.63) is 35.1 Å². The van der Waals surface area contributed by atoms with E-state index in [9.17, 15) is 13.2 Å². The van der Waals surface area contributed by atoms with Crippen molar-refractivity contribution in [2.45, 2.75) is 32.4 Å². The van der Waals surface area contributed by atoms with Gasteiger partial charge in [0.1, 0.15) is 0 Å². The van der Waals surface area contributed by atoms with E-state index in [0.29, 0.717) is 18.5 Å². The molecule has 1 aromatic rings. The highest BCUT2D eigenvalue weighted by Gasteiger charge is 2.29. The molecule has 24 heavy (non-hydrogen) atoms. The van der Waals surface area contributed by atoms with Crippen molar-refractivity contribution in [1.82, 2.24) is 9.80 Å². The molecule has 1 aromatic carbocycles. The fraction of sp³-hybridized carbons (Fsp3) is 0.667. The van der Waals surface area contributed by atoms with Crippen LogP contribution in [-0.4, -0.2) is 55.2 Å². The maximum absolute atomic E-state index is 13.8. The third kappa shape index (κ3) is 3.92. The number of likely N-dealkylation sites (tertiary alicyclic amines) is 1. The second-order valence-electron chi connectivity index (χ2n) is 6.84. The van der Waals surface area contributed by atoms with Gasteiger partial charge in [-0.15, -0.1) is 0 Å². The average Bonchev–Trinajstić information content (AvgIpc) is 2.63. The lowest BCUT2D eigenvalue weighted by molar-refractivity contribution is -0.00197. The highest BCUT2D eigenvalue weighted by Crippen LogP contribution is 2.26. The summed E-state index contributed by atoms with van der Waals surface area (Å²) < 4.78 is 45.6. The van der Waals surface area contributed by atoms with Crippen LogP contribution >= 0.6 is 0 Å². The molecule has 2 aliphatic heterocycles. The van der Waals surface area contributed by atoms with Crippen molar-refractivity contribution in [3.63, 3.8) is 0 Å². The van der Waals surface area contributed by atoms with Crippen molar-refractivity contribution in [2.75, 3.05) is 39.4 Å². The van der Waals surface area contributed by atoms with Crippen LogP contribution in [0.4, 0.5) is 13.2 Å². The van der Waals surface area contributed by atoms with Gasteiger partial charge in [0.15, 0.2) is 17.5 Å². The molecule has 0 bridgehead atoms. The van der Waals surface area contributed by atoms with Crippen LogP contribution in [0.15, 0.2) is 12.1 Å². The molecule has 2 heterocycles. The molecule has 3 rings (SSSR count). The third-order valence-electron chi connectivity index (χ3n) is 5.45. The summed E-state index contributed by atoms with van der Waals surface area (Å²) >= 11 is 0. The van der Waals surface area contributed by atoms with Gasteiger partial charge in [0.25, 0.3) is 0 Å². The van der Waals surface area contributed by atoms with E-state index in [0.717, 1.165) is 58.3 Å². The first kappa shape index (κ1) is 17.7. The van der Waals surface area contributed by atoms with E-state index in [1.165, 1.54) is 6.07 Å². The number of halogens is 3. The van der Waals surface area contributed by atoms with E-state index in [4.69, 9.17) is 4.74 Å². The highest BCUT2D eigenvalue weighted by atomic mass is 19.2. The third-order valence-corrected chi connectivity index (χ3v) is 5.45. The molecule has 0 aliphatic carbocycles. The Labute approximate surface area is 141 Å². The molecule has 2 saturated heterocycles. The second kappa shape index (κ2) is 7.85. The van der Waals surface area contributed by atoms with Gasteiger partial charge in [-0.3, -0.25) is 9.80 Å². The number of nitrogens with zero attached hydrogens (tertiary/aromatic N) is 2. The Bertz CT molecular complexity index is 555. The van der Waals surface area contributed by atoms with Gasteiger partial charge in [0.05, 0.1) is 13.2 Å². The molecule has 0 spiro atoms. The van der Waals surface area contributed by atoms with Crippen LogP contribution in [0.3, 0.4) is 0 Å². The molecular weight excluding hydrogens is 317 g/mol. The number of hydrogen-bond donors (Lipinski definition) is 0. The summed E-state index contributed by atoms with van der Waals surface area (Å²) in [6.45, 7) is 7.91. The van der Waals surface area contributed by atoms with Gasteiger partial charge in [-0.1, -0.05) is 6.07 Å². The number of ether oxygens (including phenoxy) is 1. The summed E-state index contributed by atoms with van der Waals surface area (Å²) in [6.07, 6.45) is 2.09. The molecule has 0 unspecified atom stereocenters. The molecule has 0 aromatic heterocycles. The van der Waals surface area contributed by atoms with Crippen LogP contribution in [-0.2, 0) is 11.3 Å². The zero-order valence-electron chi connectivity index (χ0n) is 14.1. The Kier molecular flexibility index (Phi) is 5.79. The zero-order chi connectivity index (χ0) is 17.1. The van der Waals surface area contributed by atoms with Gasteiger partial charge >= 0.3 is 0 Å². The molecule has 0 saturated carbocycles. The maximum atomic E-state index is 13.8. The van der Waals surface area contributed by atoms with Gasteiger partial charge in [-0.2, -0.15) is 0 Å². The molecule has 2 aliphatic rings. The maximum Gasteiger partial charge on any atom is 0.194 e. The number of morpholine rings is 1. The first-order chi connectivity index (χ1) is 11.6.